The molecule has 1 aliphatic rings. The Morgan fingerprint density at radius 1 is 1.22 bits per heavy atom. The predicted molar refractivity (Wildman–Crippen MR) is 91.2 cm³/mol. The molecular weight excluding hydrogens is 294 g/mol. The van der Waals surface area contributed by atoms with Crippen LogP contribution in [0.4, 0.5) is 5.69 Å². The van der Waals surface area contributed by atoms with Gasteiger partial charge in [0, 0.05) is 17.8 Å². The van der Waals surface area contributed by atoms with E-state index in [1.54, 1.807) is 45.1 Å². The minimum atomic E-state index is -0.995. The van der Waals surface area contributed by atoms with Gasteiger partial charge in [-0.1, -0.05) is 23.1 Å². The SMILES string of the molecule is Bc1cc(C(=O)N2CCOc3ccncc32)c(B)cc1C(=O)O. The molecule has 0 atom stereocenters. The number of aromatic carboxylic acids is 1. The maximum absolute atomic E-state index is 12.9. The molecule has 0 saturated heterocycles. The number of anilines is 1. The third-order valence-corrected chi connectivity index (χ3v) is 3.90. The van der Waals surface area contributed by atoms with E-state index in [9.17, 15) is 14.7 Å². The van der Waals surface area contributed by atoms with Gasteiger partial charge in [0.15, 0.2) is 0 Å². The Balaban J connectivity index is 2.02. The Bertz CT molecular complexity index is 810. The van der Waals surface area contributed by atoms with Crippen molar-refractivity contribution in [2.45, 2.75) is 0 Å². The molecule has 0 radical (unpaired) electrons. The first kappa shape index (κ1) is 15.1. The molecule has 0 unspecified atom stereocenters. The minimum Gasteiger partial charge on any atom is -0.489 e. The highest BCUT2D eigenvalue weighted by molar-refractivity contribution is 6.42. The van der Waals surface area contributed by atoms with Gasteiger partial charge in [-0.25, -0.2) is 4.79 Å². The van der Waals surface area contributed by atoms with Gasteiger partial charge >= 0.3 is 5.97 Å². The lowest BCUT2D eigenvalue weighted by molar-refractivity contribution is 0.0698. The standard InChI is InChI=1S/C15H14B2N2O4/c16-10-6-9(15(21)22)11(17)5-8(10)14(20)19-3-4-23-13-1-2-18-7-12(13)19/h1-2,5-7H,3-4,16-17H2,(H,21,22). The number of hydrogen-bond acceptors (Lipinski definition) is 4. The van der Waals surface area contributed by atoms with E-state index < -0.39 is 5.97 Å². The van der Waals surface area contributed by atoms with Gasteiger partial charge in [-0.05, 0) is 0 Å². The van der Waals surface area contributed by atoms with Crippen molar-refractivity contribution >= 4 is 44.2 Å². The lowest BCUT2D eigenvalue weighted by atomic mass is 9.80. The Morgan fingerprint density at radius 2 is 1.91 bits per heavy atom. The fourth-order valence-corrected chi connectivity index (χ4v) is 2.70. The summed E-state index contributed by atoms with van der Waals surface area (Å²) in [5.41, 5.74) is 2.52. The first-order chi connectivity index (χ1) is 11.0. The van der Waals surface area contributed by atoms with Crippen molar-refractivity contribution in [3.8, 4) is 5.75 Å². The summed E-state index contributed by atoms with van der Waals surface area (Å²) in [6, 6.07) is 4.89. The highest BCUT2D eigenvalue weighted by Gasteiger charge is 2.26. The zero-order chi connectivity index (χ0) is 16.6. The van der Waals surface area contributed by atoms with Crippen LogP contribution in [0.1, 0.15) is 20.7 Å². The smallest absolute Gasteiger partial charge is 0.335 e. The van der Waals surface area contributed by atoms with Gasteiger partial charge in [0.1, 0.15) is 33.7 Å². The zero-order valence-electron chi connectivity index (χ0n) is 12.9. The van der Waals surface area contributed by atoms with Crippen molar-refractivity contribution in [3.63, 3.8) is 0 Å². The van der Waals surface area contributed by atoms with Gasteiger partial charge in [-0.15, -0.1) is 0 Å². The number of carbonyl (C=O) groups excluding carboxylic acids is 1. The molecule has 1 aliphatic heterocycles. The largest absolute Gasteiger partial charge is 0.489 e. The number of rotatable bonds is 2. The highest BCUT2D eigenvalue weighted by Crippen LogP contribution is 2.30. The minimum absolute atomic E-state index is 0.180. The van der Waals surface area contributed by atoms with Crippen LogP contribution in [-0.4, -0.2) is 50.8 Å². The molecule has 0 fully saturated rings. The molecule has 23 heavy (non-hydrogen) atoms. The summed E-state index contributed by atoms with van der Waals surface area (Å²) >= 11 is 0. The molecule has 8 heteroatoms. The molecule has 0 bridgehead atoms. The van der Waals surface area contributed by atoms with E-state index >= 15 is 0 Å². The fourth-order valence-electron chi connectivity index (χ4n) is 2.70. The summed E-state index contributed by atoms with van der Waals surface area (Å²) in [6.45, 7) is 0.838. The van der Waals surface area contributed by atoms with E-state index in [1.165, 1.54) is 6.07 Å². The third-order valence-electron chi connectivity index (χ3n) is 3.90. The van der Waals surface area contributed by atoms with Gasteiger partial charge in [-0.2, -0.15) is 0 Å². The van der Waals surface area contributed by atoms with Crippen LogP contribution in [0.3, 0.4) is 0 Å². The van der Waals surface area contributed by atoms with E-state index in [1.807, 2.05) is 0 Å². The summed E-state index contributed by atoms with van der Waals surface area (Å²) in [5, 5.41) is 9.18. The zero-order valence-corrected chi connectivity index (χ0v) is 12.9. The number of hydrogen-bond donors (Lipinski definition) is 1. The summed E-state index contributed by atoms with van der Waals surface area (Å²) < 4.78 is 5.53. The molecular formula is C15H14B2N2O4. The second-order valence-corrected chi connectivity index (χ2v) is 5.44. The van der Waals surface area contributed by atoms with Crippen LogP contribution >= 0.6 is 0 Å². The Kier molecular flexibility index (Phi) is 3.82. The van der Waals surface area contributed by atoms with E-state index in [2.05, 4.69) is 4.98 Å². The Hall–Kier alpha value is -2.76. The molecule has 1 amide bonds. The van der Waals surface area contributed by atoms with E-state index in [0.717, 1.165) is 0 Å². The number of aromatic nitrogens is 1. The molecule has 1 N–H and O–H groups in total. The van der Waals surface area contributed by atoms with Crippen molar-refractivity contribution in [2.24, 2.45) is 0 Å². The average Bonchev–Trinajstić information content (AvgIpc) is 2.55. The van der Waals surface area contributed by atoms with E-state index in [0.29, 0.717) is 41.1 Å². The summed E-state index contributed by atoms with van der Waals surface area (Å²) in [5.74, 6) is -0.554. The number of carboxylic acid groups (broad SMARTS) is 1. The molecule has 1 aromatic carbocycles. The van der Waals surface area contributed by atoms with Crippen molar-refractivity contribution in [1.82, 2.24) is 4.98 Å². The Labute approximate surface area is 134 Å². The van der Waals surface area contributed by atoms with Gasteiger partial charge < -0.3 is 14.7 Å². The molecule has 114 valence electrons. The van der Waals surface area contributed by atoms with Crippen LogP contribution in [0.25, 0.3) is 0 Å². The van der Waals surface area contributed by atoms with Crippen LogP contribution < -0.4 is 20.6 Å². The normalized spacial score (nSPS) is 13.1. The molecule has 1 aromatic heterocycles. The lowest BCUT2D eigenvalue weighted by Gasteiger charge is -2.29. The van der Waals surface area contributed by atoms with E-state index in [4.69, 9.17) is 4.74 Å². The number of carboxylic acids is 1. The maximum atomic E-state index is 12.9. The monoisotopic (exact) mass is 308 g/mol. The van der Waals surface area contributed by atoms with Crippen molar-refractivity contribution in [2.75, 3.05) is 18.1 Å². The average molecular weight is 308 g/mol. The fraction of sp³-hybridized carbons (Fsp3) is 0.133. The van der Waals surface area contributed by atoms with Crippen LogP contribution in [0.5, 0.6) is 5.75 Å². The second-order valence-electron chi connectivity index (χ2n) is 5.44. The predicted octanol–water partition coefficient (Wildman–Crippen LogP) is -1.66. The Morgan fingerprint density at radius 3 is 2.65 bits per heavy atom. The summed E-state index contributed by atoms with van der Waals surface area (Å²) in [6.07, 6.45) is 3.21. The molecule has 0 aliphatic carbocycles. The van der Waals surface area contributed by atoms with Gasteiger partial charge in [0.2, 0.25) is 0 Å². The first-order valence-electron chi connectivity index (χ1n) is 7.22. The number of ether oxygens (including phenoxy) is 1. The lowest BCUT2D eigenvalue weighted by Crippen LogP contribution is -2.41. The maximum Gasteiger partial charge on any atom is 0.335 e. The van der Waals surface area contributed by atoms with Gasteiger partial charge in [-0.3, -0.25) is 9.78 Å². The molecule has 6 nitrogen and oxygen atoms in total. The van der Waals surface area contributed by atoms with Crippen molar-refractivity contribution < 1.29 is 19.4 Å². The number of pyridine rings is 1. The number of benzene rings is 1. The third kappa shape index (κ3) is 2.67. The van der Waals surface area contributed by atoms with Gasteiger partial charge in [0.05, 0.1) is 18.3 Å². The number of amides is 1. The van der Waals surface area contributed by atoms with Crippen LogP contribution in [0.15, 0.2) is 30.6 Å². The molecule has 0 spiro atoms. The van der Waals surface area contributed by atoms with Crippen LogP contribution in [0, 0.1) is 0 Å². The highest BCUT2D eigenvalue weighted by atomic mass is 16.5. The van der Waals surface area contributed by atoms with Crippen LogP contribution in [-0.2, 0) is 0 Å². The van der Waals surface area contributed by atoms with Crippen LogP contribution in [0.2, 0.25) is 0 Å². The topological polar surface area (TPSA) is 79.7 Å². The number of nitrogens with zero attached hydrogens (tertiary/aromatic N) is 2. The molecule has 2 heterocycles. The summed E-state index contributed by atoms with van der Waals surface area (Å²) in [7, 11) is 3.43. The number of fused-ring (bicyclic) bond motifs is 1. The molecule has 3 rings (SSSR count). The van der Waals surface area contributed by atoms with E-state index in [-0.39, 0.29) is 11.5 Å². The molecule has 0 saturated carbocycles. The summed E-state index contributed by atoms with van der Waals surface area (Å²) in [4.78, 5) is 29.8. The van der Waals surface area contributed by atoms with Crippen molar-refractivity contribution in [3.05, 3.63) is 41.7 Å². The quantitative estimate of drug-likeness (QED) is 0.672. The van der Waals surface area contributed by atoms with Crippen molar-refractivity contribution in [1.29, 1.82) is 0 Å². The number of carbonyl (C=O) groups is 2. The van der Waals surface area contributed by atoms with Gasteiger partial charge in [0.25, 0.3) is 5.91 Å². The molecule has 2 aromatic rings. The first-order valence-corrected chi connectivity index (χ1v) is 7.22. The second kappa shape index (κ2) is 5.79.